The highest BCUT2D eigenvalue weighted by Gasteiger charge is 2.68. The molecule has 0 unspecified atom stereocenters. The number of aliphatic hydroxyl groups excluding tert-OH is 3. The number of likely N-dealkylation sites (tertiary alicyclic amines) is 1. The number of carbonyl (C=O) groups is 3. The average molecular weight is 549 g/mol. The largest absolute Gasteiger partial charge is 0.480 e. The number of carboxylic acids is 1. The number of allylic oxidation sites excluding steroid dienone is 2. The molecule has 0 radical (unpaired) electrons. The van der Waals surface area contributed by atoms with Crippen molar-refractivity contribution in [3.05, 3.63) is 11.6 Å². The quantitative estimate of drug-likeness (QED) is 0.298. The number of aliphatic carboxylic acids is 1. The molecule has 5 rings (SSSR count). The number of carboxylic acid groups (broad SMARTS) is 1. The fraction of sp³-hybridized carbons (Fsp3) is 0.786. The first-order chi connectivity index (χ1) is 18.4. The number of ketones is 1. The molecule has 39 heavy (non-hydrogen) atoms. The minimum atomic E-state index is -1.62. The van der Waals surface area contributed by atoms with Gasteiger partial charge in [0.15, 0.2) is 12.4 Å². The summed E-state index contributed by atoms with van der Waals surface area (Å²) in [5, 5.41) is 55.6. The van der Waals surface area contributed by atoms with Gasteiger partial charge in [-0.2, -0.15) is 0 Å². The molecule has 9 atom stereocenters. The molecular weight excluding hydrogens is 508 g/mol. The van der Waals surface area contributed by atoms with Crippen LogP contribution in [0.15, 0.2) is 16.8 Å². The third kappa shape index (κ3) is 4.32. The Hall–Kier alpha value is -2.34. The number of nitrogens with zero attached hydrogens (tertiary/aromatic N) is 2. The van der Waals surface area contributed by atoms with E-state index in [1.165, 1.54) is 5.57 Å². The fourth-order valence-corrected chi connectivity index (χ4v) is 8.94. The van der Waals surface area contributed by atoms with Crippen molar-refractivity contribution >= 4 is 23.4 Å². The van der Waals surface area contributed by atoms with Crippen LogP contribution in [-0.2, 0) is 19.2 Å². The first kappa shape index (κ1) is 28.2. The van der Waals surface area contributed by atoms with Crippen molar-refractivity contribution < 1.29 is 44.8 Å². The lowest BCUT2D eigenvalue weighted by Crippen LogP contribution is -2.62. The van der Waals surface area contributed by atoms with E-state index in [1.807, 2.05) is 13.0 Å². The zero-order valence-corrected chi connectivity index (χ0v) is 22.6. The Morgan fingerprint density at radius 2 is 1.90 bits per heavy atom. The summed E-state index contributed by atoms with van der Waals surface area (Å²) >= 11 is 0. The van der Waals surface area contributed by atoms with E-state index in [9.17, 15) is 39.9 Å². The van der Waals surface area contributed by atoms with Crippen molar-refractivity contribution in [2.45, 2.75) is 89.1 Å². The highest BCUT2D eigenvalue weighted by Crippen LogP contribution is 2.67. The van der Waals surface area contributed by atoms with E-state index in [2.05, 4.69) is 12.1 Å². The van der Waals surface area contributed by atoms with Crippen LogP contribution in [-0.4, -0.2) is 97.4 Å². The molecular formula is C28H40N2O9. The Morgan fingerprint density at radius 3 is 2.59 bits per heavy atom. The van der Waals surface area contributed by atoms with Gasteiger partial charge in [0.1, 0.15) is 18.2 Å². The predicted molar refractivity (Wildman–Crippen MR) is 137 cm³/mol. The van der Waals surface area contributed by atoms with E-state index in [0.29, 0.717) is 31.4 Å². The third-order valence-electron chi connectivity index (χ3n) is 10.9. The second kappa shape index (κ2) is 9.94. The van der Waals surface area contributed by atoms with E-state index in [-0.39, 0.29) is 36.1 Å². The van der Waals surface area contributed by atoms with E-state index < -0.39 is 60.1 Å². The molecule has 0 spiro atoms. The molecule has 11 nitrogen and oxygen atoms in total. The first-order valence-corrected chi connectivity index (χ1v) is 14.0. The van der Waals surface area contributed by atoms with Crippen LogP contribution in [0.2, 0.25) is 0 Å². The highest BCUT2D eigenvalue weighted by atomic mass is 16.6. The Kier molecular flexibility index (Phi) is 7.18. The number of fused-ring (bicyclic) bond motifs is 5. The number of oxime groups is 1. The van der Waals surface area contributed by atoms with Gasteiger partial charge in [0.2, 0.25) is 0 Å². The van der Waals surface area contributed by atoms with E-state index in [1.54, 1.807) is 0 Å². The van der Waals surface area contributed by atoms with Crippen LogP contribution < -0.4 is 0 Å². The van der Waals surface area contributed by atoms with Crippen LogP contribution in [0, 0.1) is 28.6 Å². The Morgan fingerprint density at radius 1 is 1.15 bits per heavy atom. The molecule has 0 bridgehead atoms. The summed E-state index contributed by atoms with van der Waals surface area (Å²) in [5.74, 6) is -2.06. The van der Waals surface area contributed by atoms with Crippen molar-refractivity contribution in [3.8, 4) is 0 Å². The molecule has 1 saturated heterocycles. The molecule has 0 aromatic rings. The summed E-state index contributed by atoms with van der Waals surface area (Å²) in [7, 11) is 0. The zero-order valence-electron chi connectivity index (χ0n) is 22.6. The number of aliphatic hydroxyl groups is 4. The van der Waals surface area contributed by atoms with Gasteiger partial charge in [-0.25, -0.2) is 4.79 Å². The zero-order chi connectivity index (χ0) is 28.3. The molecule has 0 aromatic heterocycles. The molecule has 216 valence electrons. The van der Waals surface area contributed by atoms with Gasteiger partial charge < -0.3 is 35.3 Å². The number of rotatable bonds is 6. The van der Waals surface area contributed by atoms with E-state index in [0.717, 1.165) is 24.2 Å². The lowest BCUT2D eigenvalue weighted by molar-refractivity contribution is -0.181. The van der Waals surface area contributed by atoms with Gasteiger partial charge in [-0.15, -0.1) is 0 Å². The second-order valence-electron chi connectivity index (χ2n) is 12.7. The summed E-state index contributed by atoms with van der Waals surface area (Å²) in [4.78, 5) is 42.9. The number of amides is 1. The molecule has 5 aliphatic rings. The molecule has 4 aliphatic carbocycles. The third-order valence-corrected chi connectivity index (χ3v) is 10.9. The van der Waals surface area contributed by atoms with Gasteiger partial charge in [-0.1, -0.05) is 24.6 Å². The number of β-amino-alcohol motifs (C(OH)–C–C–N with tert-alkyl or cyclic N) is 1. The van der Waals surface area contributed by atoms with Crippen LogP contribution in [0.1, 0.15) is 65.2 Å². The molecule has 11 heteroatoms. The maximum absolute atomic E-state index is 12.6. The standard InChI is InChI=1S/C28H40N2O9/c1-26-7-5-16(29-39-14-23(35)30-12-17(32)10-20(30)25(36)37)9-15(26)3-4-18-19-6-8-28(38,22(34)13-31)27(19,2)11-21(33)24(18)26/h9,17-21,24,31-33,38H,3-8,10-14H2,1-2H3,(H,36,37)/b29-16-/t17-,18+,19+,20-,21-,24-,26+,27+,28+/m1/s1. The summed E-state index contributed by atoms with van der Waals surface area (Å²) in [6.45, 7) is 2.91. The van der Waals surface area contributed by atoms with Gasteiger partial charge in [-0.05, 0) is 74.2 Å². The lowest BCUT2D eigenvalue weighted by atomic mass is 9.45. The van der Waals surface area contributed by atoms with Gasteiger partial charge in [0.05, 0.1) is 17.9 Å². The molecule has 3 saturated carbocycles. The number of Topliss-reactive ketones (excluding diaryl/α,β-unsaturated/α-hetero) is 1. The van der Waals surface area contributed by atoms with Crippen LogP contribution in [0.3, 0.4) is 0 Å². The van der Waals surface area contributed by atoms with Gasteiger partial charge >= 0.3 is 5.97 Å². The predicted octanol–water partition coefficient (Wildman–Crippen LogP) is 0.631. The smallest absolute Gasteiger partial charge is 0.326 e. The van der Waals surface area contributed by atoms with Crippen LogP contribution in [0.4, 0.5) is 0 Å². The number of hydrogen-bond acceptors (Lipinski definition) is 9. The van der Waals surface area contributed by atoms with Crippen LogP contribution in [0.25, 0.3) is 0 Å². The van der Waals surface area contributed by atoms with Crippen molar-refractivity contribution in [1.29, 1.82) is 0 Å². The normalized spacial score (nSPS) is 44.3. The first-order valence-electron chi connectivity index (χ1n) is 14.0. The maximum Gasteiger partial charge on any atom is 0.326 e. The van der Waals surface area contributed by atoms with E-state index in [4.69, 9.17) is 4.84 Å². The van der Waals surface area contributed by atoms with Crippen LogP contribution >= 0.6 is 0 Å². The Balaban J connectivity index is 1.29. The molecule has 4 fully saturated rings. The molecule has 1 heterocycles. The number of carbonyl (C=O) groups excluding carboxylic acids is 2. The Bertz CT molecular complexity index is 1110. The molecule has 0 aromatic carbocycles. The van der Waals surface area contributed by atoms with Gasteiger partial charge in [0, 0.05) is 18.4 Å². The van der Waals surface area contributed by atoms with Gasteiger partial charge in [-0.3, -0.25) is 9.59 Å². The minimum absolute atomic E-state index is 0.00861. The summed E-state index contributed by atoms with van der Waals surface area (Å²) in [5.41, 5.74) is -0.824. The van der Waals surface area contributed by atoms with Crippen molar-refractivity contribution in [1.82, 2.24) is 4.90 Å². The highest BCUT2D eigenvalue weighted by molar-refractivity contribution is 5.96. The summed E-state index contributed by atoms with van der Waals surface area (Å²) in [6, 6.07) is -1.07. The summed E-state index contributed by atoms with van der Waals surface area (Å²) in [6.07, 6.45) is 4.61. The van der Waals surface area contributed by atoms with Crippen LogP contribution in [0.5, 0.6) is 0 Å². The maximum atomic E-state index is 12.6. The Labute approximate surface area is 227 Å². The number of hydrogen-bond donors (Lipinski definition) is 5. The second-order valence-corrected chi connectivity index (χ2v) is 12.7. The molecule has 1 aliphatic heterocycles. The topological polar surface area (TPSA) is 177 Å². The van der Waals surface area contributed by atoms with Crippen molar-refractivity contribution in [2.24, 2.45) is 33.7 Å². The minimum Gasteiger partial charge on any atom is -0.480 e. The monoisotopic (exact) mass is 548 g/mol. The van der Waals surface area contributed by atoms with Crippen molar-refractivity contribution in [2.75, 3.05) is 19.8 Å². The van der Waals surface area contributed by atoms with E-state index >= 15 is 0 Å². The summed E-state index contributed by atoms with van der Waals surface area (Å²) < 4.78 is 0. The van der Waals surface area contributed by atoms with Crippen molar-refractivity contribution in [3.63, 3.8) is 0 Å². The molecule has 5 N–H and O–H groups in total. The van der Waals surface area contributed by atoms with Gasteiger partial charge in [0.25, 0.3) is 5.91 Å². The SMILES string of the molecule is C[C@]12CC/C(=N/OCC(=O)N3C[C@H](O)C[C@@H]3C(=O)O)C=C1CC[C@@H]1[C@@H]2[C@H](O)C[C@@]2(C)[C@H]1CC[C@]2(O)C(=O)CO. The fourth-order valence-electron chi connectivity index (χ4n) is 8.94. The average Bonchev–Trinajstić information content (AvgIpc) is 3.41. The lowest BCUT2D eigenvalue weighted by Gasteiger charge is -2.60. The molecule has 1 amide bonds.